The standard InChI is InChI=1S/C20H14BrN3S/c21-18-8-4-7-15-10-9-14(11-17(15)18)12-22-24-20-23-19(13-25-20)16-5-2-1-3-6-16/h1-13H,(H,23,24). The third-order valence-electron chi connectivity index (χ3n) is 3.80. The Labute approximate surface area is 158 Å². The zero-order valence-corrected chi connectivity index (χ0v) is 15.6. The summed E-state index contributed by atoms with van der Waals surface area (Å²) in [7, 11) is 0. The monoisotopic (exact) mass is 407 g/mol. The topological polar surface area (TPSA) is 37.3 Å². The molecule has 4 rings (SSSR count). The van der Waals surface area contributed by atoms with Crippen LogP contribution in [0.4, 0.5) is 5.13 Å². The molecule has 5 heteroatoms. The van der Waals surface area contributed by atoms with Crippen molar-refractivity contribution in [2.75, 3.05) is 5.43 Å². The van der Waals surface area contributed by atoms with Gasteiger partial charge in [0.15, 0.2) is 0 Å². The lowest BCUT2D eigenvalue weighted by molar-refractivity contribution is 1.29. The summed E-state index contributed by atoms with van der Waals surface area (Å²) in [6.07, 6.45) is 1.81. The Morgan fingerprint density at radius 3 is 2.76 bits per heavy atom. The lowest BCUT2D eigenvalue weighted by Gasteiger charge is -2.01. The number of hydrazone groups is 1. The molecule has 0 aliphatic carbocycles. The van der Waals surface area contributed by atoms with Crippen LogP contribution in [0.5, 0.6) is 0 Å². The van der Waals surface area contributed by atoms with E-state index in [2.05, 4.69) is 67.8 Å². The molecule has 0 radical (unpaired) electrons. The lowest BCUT2D eigenvalue weighted by Crippen LogP contribution is -1.90. The summed E-state index contributed by atoms with van der Waals surface area (Å²) in [5.74, 6) is 0. The number of hydrogen-bond donors (Lipinski definition) is 1. The molecular weight excluding hydrogens is 394 g/mol. The number of anilines is 1. The zero-order valence-electron chi connectivity index (χ0n) is 13.2. The minimum absolute atomic E-state index is 0.775. The minimum atomic E-state index is 0.775. The molecule has 0 fully saturated rings. The molecule has 1 heterocycles. The van der Waals surface area contributed by atoms with Gasteiger partial charge in [-0.1, -0.05) is 70.5 Å². The van der Waals surface area contributed by atoms with Gasteiger partial charge in [0.1, 0.15) is 0 Å². The number of aromatic nitrogens is 1. The van der Waals surface area contributed by atoms with Gasteiger partial charge in [0.25, 0.3) is 0 Å². The van der Waals surface area contributed by atoms with Crippen LogP contribution in [0.2, 0.25) is 0 Å². The summed E-state index contributed by atoms with van der Waals surface area (Å²) in [6.45, 7) is 0. The highest BCUT2D eigenvalue weighted by Gasteiger charge is 2.03. The van der Waals surface area contributed by atoms with Gasteiger partial charge < -0.3 is 0 Å². The van der Waals surface area contributed by atoms with Gasteiger partial charge in [-0.25, -0.2) is 4.98 Å². The number of thiazole rings is 1. The van der Waals surface area contributed by atoms with E-state index in [1.807, 2.05) is 41.9 Å². The second-order valence-corrected chi connectivity index (χ2v) is 7.21. The first kappa shape index (κ1) is 16.0. The van der Waals surface area contributed by atoms with Crippen LogP contribution in [0, 0.1) is 0 Å². The molecule has 3 nitrogen and oxygen atoms in total. The fourth-order valence-corrected chi connectivity index (χ4v) is 3.73. The third-order valence-corrected chi connectivity index (χ3v) is 5.24. The normalized spacial score (nSPS) is 11.2. The first-order chi connectivity index (χ1) is 12.3. The highest BCUT2D eigenvalue weighted by Crippen LogP contribution is 2.25. The van der Waals surface area contributed by atoms with Crippen molar-refractivity contribution in [2.45, 2.75) is 0 Å². The molecule has 0 bridgehead atoms. The molecule has 0 atom stereocenters. The number of hydrogen-bond acceptors (Lipinski definition) is 4. The van der Waals surface area contributed by atoms with E-state index in [0.29, 0.717) is 0 Å². The summed E-state index contributed by atoms with van der Waals surface area (Å²) >= 11 is 5.13. The van der Waals surface area contributed by atoms with Crippen LogP contribution in [-0.2, 0) is 0 Å². The number of benzene rings is 3. The van der Waals surface area contributed by atoms with E-state index < -0.39 is 0 Å². The molecule has 3 aromatic carbocycles. The average Bonchev–Trinajstić information content (AvgIpc) is 3.12. The number of halogens is 1. The minimum Gasteiger partial charge on any atom is -0.253 e. The Hall–Kier alpha value is -2.50. The van der Waals surface area contributed by atoms with Gasteiger partial charge in [0.05, 0.1) is 11.9 Å². The Morgan fingerprint density at radius 1 is 1.00 bits per heavy atom. The van der Waals surface area contributed by atoms with Crippen molar-refractivity contribution in [3.63, 3.8) is 0 Å². The van der Waals surface area contributed by atoms with Crippen molar-refractivity contribution in [1.29, 1.82) is 0 Å². The van der Waals surface area contributed by atoms with E-state index in [-0.39, 0.29) is 0 Å². The molecule has 0 amide bonds. The second-order valence-electron chi connectivity index (χ2n) is 5.49. The maximum atomic E-state index is 4.56. The van der Waals surface area contributed by atoms with Crippen LogP contribution in [0.1, 0.15) is 5.56 Å². The molecule has 1 aromatic heterocycles. The predicted octanol–water partition coefficient (Wildman–Crippen LogP) is 6.17. The van der Waals surface area contributed by atoms with Gasteiger partial charge in [-0.05, 0) is 28.5 Å². The van der Waals surface area contributed by atoms with E-state index in [9.17, 15) is 0 Å². The molecule has 4 aromatic rings. The lowest BCUT2D eigenvalue weighted by atomic mass is 10.1. The van der Waals surface area contributed by atoms with Crippen LogP contribution in [-0.4, -0.2) is 11.2 Å². The quantitative estimate of drug-likeness (QED) is 0.324. The van der Waals surface area contributed by atoms with Crippen LogP contribution in [0.15, 0.2) is 81.7 Å². The van der Waals surface area contributed by atoms with Gasteiger partial charge in [-0.15, -0.1) is 11.3 Å². The van der Waals surface area contributed by atoms with Gasteiger partial charge in [-0.2, -0.15) is 5.10 Å². The number of nitrogens with one attached hydrogen (secondary N) is 1. The Kier molecular flexibility index (Phi) is 4.59. The first-order valence-corrected chi connectivity index (χ1v) is 9.45. The van der Waals surface area contributed by atoms with Crippen LogP contribution in [0.25, 0.3) is 22.0 Å². The maximum absolute atomic E-state index is 4.56. The molecule has 0 saturated carbocycles. The van der Waals surface area contributed by atoms with Crippen molar-refractivity contribution in [3.8, 4) is 11.3 Å². The summed E-state index contributed by atoms with van der Waals surface area (Å²) in [5, 5.41) is 9.49. The molecule has 25 heavy (non-hydrogen) atoms. The zero-order chi connectivity index (χ0) is 17.1. The summed E-state index contributed by atoms with van der Waals surface area (Å²) in [6, 6.07) is 22.6. The number of nitrogens with zero attached hydrogens (tertiary/aromatic N) is 2. The largest absolute Gasteiger partial charge is 0.253 e. The molecule has 0 saturated heterocycles. The van der Waals surface area contributed by atoms with Gasteiger partial charge >= 0.3 is 0 Å². The van der Waals surface area contributed by atoms with Crippen molar-refractivity contribution in [3.05, 3.63) is 82.1 Å². The molecule has 0 aliphatic rings. The molecule has 122 valence electrons. The van der Waals surface area contributed by atoms with Crippen molar-refractivity contribution in [2.24, 2.45) is 5.10 Å². The van der Waals surface area contributed by atoms with Crippen LogP contribution >= 0.6 is 27.3 Å². The molecule has 1 N–H and O–H groups in total. The van der Waals surface area contributed by atoms with Crippen molar-refractivity contribution in [1.82, 2.24) is 4.98 Å². The van der Waals surface area contributed by atoms with E-state index >= 15 is 0 Å². The molecular formula is C20H14BrN3S. The molecule has 0 spiro atoms. The Morgan fingerprint density at radius 2 is 1.88 bits per heavy atom. The summed E-state index contributed by atoms with van der Waals surface area (Å²) in [5.41, 5.74) is 6.11. The van der Waals surface area contributed by atoms with E-state index in [4.69, 9.17) is 0 Å². The molecule has 0 unspecified atom stereocenters. The third kappa shape index (κ3) is 3.62. The van der Waals surface area contributed by atoms with Gasteiger partial charge in [0.2, 0.25) is 5.13 Å². The Bertz CT molecular complexity index is 1040. The Balaban J connectivity index is 1.50. The van der Waals surface area contributed by atoms with E-state index in [1.54, 1.807) is 11.3 Å². The van der Waals surface area contributed by atoms with E-state index in [0.717, 1.165) is 26.4 Å². The van der Waals surface area contributed by atoms with Gasteiger partial charge in [0, 0.05) is 15.4 Å². The fraction of sp³-hybridized carbons (Fsp3) is 0. The average molecular weight is 408 g/mol. The highest BCUT2D eigenvalue weighted by atomic mass is 79.9. The maximum Gasteiger partial charge on any atom is 0.203 e. The fourth-order valence-electron chi connectivity index (χ4n) is 2.56. The predicted molar refractivity (Wildman–Crippen MR) is 110 cm³/mol. The van der Waals surface area contributed by atoms with Crippen molar-refractivity contribution >= 4 is 49.4 Å². The number of fused-ring (bicyclic) bond motifs is 1. The summed E-state index contributed by atoms with van der Waals surface area (Å²) in [4.78, 5) is 4.56. The van der Waals surface area contributed by atoms with Crippen molar-refractivity contribution < 1.29 is 0 Å². The SMILES string of the molecule is Brc1cccc2ccc(C=NNc3nc(-c4ccccc4)cs3)cc12. The van der Waals surface area contributed by atoms with Crippen LogP contribution in [0.3, 0.4) is 0 Å². The second kappa shape index (κ2) is 7.17. The highest BCUT2D eigenvalue weighted by molar-refractivity contribution is 9.10. The molecule has 0 aliphatic heterocycles. The first-order valence-electron chi connectivity index (χ1n) is 7.78. The smallest absolute Gasteiger partial charge is 0.203 e. The summed E-state index contributed by atoms with van der Waals surface area (Å²) < 4.78 is 1.08. The van der Waals surface area contributed by atoms with Gasteiger partial charge in [-0.3, -0.25) is 5.43 Å². The van der Waals surface area contributed by atoms with E-state index in [1.165, 1.54) is 10.8 Å². The van der Waals surface area contributed by atoms with Crippen LogP contribution < -0.4 is 5.43 Å². The number of rotatable bonds is 4.